The molecule has 1 aliphatic carbocycles. The van der Waals surface area contributed by atoms with E-state index in [0.717, 1.165) is 12.8 Å². The zero-order chi connectivity index (χ0) is 17.4. The van der Waals surface area contributed by atoms with Crippen molar-refractivity contribution in [3.63, 3.8) is 0 Å². The summed E-state index contributed by atoms with van der Waals surface area (Å²) in [6.07, 6.45) is 3.85. The number of fused-ring (bicyclic) bond motifs is 1. The first kappa shape index (κ1) is 17.2. The first-order chi connectivity index (χ1) is 12.2. The molecule has 4 aliphatic rings. The van der Waals surface area contributed by atoms with Crippen molar-refractivity contribution in [2.45, 2.75) is 68.5 Å². The second-order valence-corrected chi connectivity index (χ2v) is 6.92. The van der Waals surface area contributed by atoms with E-state index >= 15 is 0 Å². The van der Waals surface area contributed by atoms with Gasteiger partial charge in [0, 0.05) is 11.8 Å². The first-order valence-electron chi connectivity index (χ1n) is 8.60. The summed E-state index contributed by atoms with van der Waals surface area (Å²) in [4.78, 5) is 10.4. The SMILES string of the molecule is O[C@@H]1[C@H](O)[C@@H](COC2CCCC2)O[C@H]1N1C=NC2C(=NCl)NC=NC21. The Kier molecular flexibility index (Phi) is 4.92. The minimum atomic E-state index is -1.08. The third-order valence-electron chi connectivity index (χ3n) is 5.19. The minimum absolute atomic E-state index is 0.223. The lowest BCUT2D eigenvalue weighted by atomic mass is 10.1. The summed E-state index contributed by atoms with van der Waals surface area (Å²) in [5.41, 5.74) is 0. The highest BCUT2D eigenvalue weighted by atomic mass is 35.5. The third-order valence-corrected chi connectivity index (χ3v) is 5.37. The molecule has 0 aromatic carbocycles. The van der Waals surface area contributed by atoms with E-state index in [-0.39, 0.29) is 18.8 Å². The van der Waals surface area contributed by atoms with Crippen LogP contribution in [-0.4, -0.2) is 83.1 Å². The molecule has 3 aliphatic heterocycles. The van der Waals surface area contributed by atoms with Gasteiger partial charge >= 0.3 is 0 Å². The largest absolute Gasteiger partial charge is 0.387 e. The van der Waals surface area contributed by atoms with Crippen LogP contribution in [0, 0.1) is 0 Å². The molecule has 2 fully saturated rings. The number of amidine groups is 1. The Labute approximate surface area is 150 Å². The highest BCUT2D eigenvalue weighted by Gasteiger charge is 2.50. The molecule has 1 saturated carbocycles. The van der Waals surface area contributed by atoms with Gasteiger partial charge in [0.25, 0.3) is 0 Å². The molecule has 0 aromatic rings. The van der Waals surface area contributed by atoms with Gasteiger partial charge in [0.2, 0.25) is 0 Å². The van der Waals surface area contributed by atoms with Gasteiger partial charge in [-0.25, -0.2) is 4.99 Å². The van der Waals surface area contributed by atoms with E-state index in [2.05, 4.69) is 19.8 Å². The normalized spacial score (nSPS) is 42.4. The van der Waals surface area contributed by atoms with Gasteiger partial charge in [0.05, 0.1) is 25.4 Å². The van der Waals surface area contributed by atoms with Crippen molar-refractivity contribution in [3.05, 3.63) is 0 Å². The van der Waals surface area contributed by atoms with Gasteiger partial charge in [-0.05, 0) is 12.8 Å². The van der Waals surface area contributed by atoms with Crippen LogP contribution in [0.4, 0.5) is 0 Å². The van der Waals surface area contributed by atoms with Gasteiger partial charge in [-0.2, -0.15) is 4.51 Å². The van der Waals surface area contributed by atoms with Gasteiger partial charge in [0.15, 0.2) is 24.3 Å². The summed E-state index contributed by atoms with van der Waals surface area (Å²) in [5, 5.41) is 23.6. The smallest absolute Gasteiger partial charge is 0.162 e. The molecular weight excluding hydrogens is 350 g/mol. The molecule has 0 aromatic heterocycles. The first-order valence-corrected chi connectivity index (χ1v) is 8.94. The lowest BCUT2D eigenvalue weighted by molar-refractivity contribution is -0.0957. The van der Waals surface area contributed by atoms with Crippen molar-refractivity contribution in [1.29, 1.82) is 0 Å². The van der Waals surface area contributed by atoms with E-state index in [1.807, 2.05) is 0 Å². The molecule has 6 atom stereocenters. The van der Waals surface area contributed by atoms with Gasteiger partial charge in [-0.15, -0.1) is 0 Å². The number of aliphatic hydroxyl groups is 2. The quantitative estimate of drug-likeness (QED) is 0.621. The van der Waals surface area contributed by atoms with Crippen molar-refractivity contribution >= 4 is 30.3 Å². The van der Waals surface area contributed by atoms with Gasteiger partial charge in [-0.1, -0.05) is 12.8 Å². The van der Waals surface area contributed by atoms with Crippen molar-refractivity contribution in [1.82, 2.24) is 10.2 Å². The van der Waals surface area contributed by atoms with E-state index in [1.165, 1.54) is 19.2 Å². The monoisotopic (exact) mass is 371 g/mol. The van der Waals surface area contributed by atoms with Crippen LogP contribution in [0.3, 0.4) is 0 Å². The summed E-state index contributed by atoms with van der Waals surface area (Å²) in [5.74, 6) is 0.481. The standard InChI is InChI=1S/C15H22ClN5O4/c16-20-13-10-14(18-6-17-13)21(7-19-10)15-12(23)11(22)9(25-15)5-24-8-3-1-2-4-8/h6-12,14-15,22-23H,1-5H2,(H,17,18,20)/t9-,10?,11-,12-,14?,15-/m1/s1. The molecule has 0 bridgehead atoms. The molecule has 2 unspecified atom stereocenters. The fourth-order valence-corrected chi connectivity index (χ4v) is 3.93. The number of nitrogens with one attached hydrogen (secondary N) is 1. The van der Waals surface area contributed by atoms with Gasteiger partial charge < -0.3 is 29.9 Å². The van der Waals surface area contributed by atoms with E-state index in [0.29, 0.717) is 5.84 Å². The van der Waals surface area contributed by atoms with Crippen LogP contribution < -0.4 is 5.32 Å². The Morgan fingerprint density at radius 1 is 1.32 bits per heavy atom. The topological polar surface area (TPSA) is 111 Å². The molecular formula is C15H22ClN5O4. The number of hydrogen-bond acceptors (Lipinski definition) is 8. The second kappa shape index (κ2) is 7.16. The molecule has 3 heterocycles. The average Bonchev–Trinajstić information content (AvgIpc) is 3.34. The third kappa shape index (κ3) is 3.15. The van der Waals surface area contributed by atoms with Crippen LogP contribution in [0.15, 0.2) is 14.5 Å². The van der Waals surface area contributed by atoms with Crippen LogP contribution >= 0.6 is 11.8 Å². The molecule has 0 amide bonds. The molecule has 10 heteroatoms. The predicted molar refractivity (Wildman–Crippen MR) is 91.7 cm³/mol. The zero-order valence-corrected chi connectivity index (χ0v) is 14.4. The maximum Gasteiger partial charge on any atom is 0.162 e. The van der Waals surface area contributed by atoms with Crippen molar-refractivity contribution in [2.75, 3.05) is 6.61 Å². The Morgan fingerprint density at radius 2 is 2.12 bits per heavy atom. The molecule has 1 saturated heterocycles. The number of rotatable bonds is 4. The van der Waals surface area contributed by atoms with E-state index in [1.54, 1.807) is 11.2 Å². The molecule has 25 heavy (non-hydrogen) atoms. The minimum Gasteiger partial charge on any atom is -0.387 e. The molecule has 9 nitrogen and oxygen atoms in total. The zero-order valence-electron chi connectivity index (χ0n) is 13.6. The molecule has 0 radical (unpaired) electrons. The Balaban J connectivity index is 1.41. The Morgan fingerprint density at radius 3 is 2.88 bits per heavy atom. The lowest BCUT2D eigenvalue weighted by Gasteiger charge is -2.32. The van der Waals surface area contributed by atoms with Crippen LogP contribution in [0.2, 0.25) is 0 Å². The number of hydrogen-bond donors (Lipinski definition) is 3. The number of ether oxygens (including phenoxy) is 2. The Hall–Kier alpha value is -1.26. The summed E-state index contributed by atoms with van der Waals surface area (Å²) in [7, 11) is 0. The average molecular weight is 372 g/mol. The predicted octanol–water partition coefficient (Wildman–Crippen LogP) is -0.385. The van der Waals surface area contributed by atoms with Crippen LogP contribution in [-0.2, 0) is 9.47 Å². The number of aliphatic hydroxyl groups excluding tert-OH is 2. The maximum absolute atomic E-state index is 10.4. The Bertz CT molecular complexity index is 582. The summed E-state index contributed by atoms with van der Waals surface area (Å²) in [6, 6.07) is -0.385. The van der Waals surface area contributed by atoms with E-state index in [9.17, 15) is 10.2 Å². The number of halogens is 1. The molecule has 3 N–H and O–H groups in total. The van der Waals surface area contributed by atoms with E-state index in [4.69, 9.17) is 21.3 Å². The molecule has 138 valence electrons. The fourth-order valence-electron chi connectivity index (χ4n) is 3.78. The van der Waals surface area contributed by atoms with Crippen molar-refractivity contribution < 1.29 is 19.7 Å². The van der Waals surface area contributed by atoms with Crippen molar-refractivity contribution in [2.24, 2.45) is 14.5 Å². The van der Waals surface area contributed by atoms with Gasteiger partial charge in [0.1, 0.15) is 18.3 Å². The summed E-state index contributed by atoms with van der Waals surface area (Å²) in [6.45, 7) is 0.262. The maximum atomic E-state index is 10.4. The van der Waals surface area contributed by atoms with Crippen LogP contribution in [0.25, 0.3) is 0 Å². The van der Waals surface area contributed by atoms with Crippen LogP contribution in [0.1, 0.15) is 25.7 Å². The van der Waals surface area contributed by atoms with Crippen LogP contribution in [0.5, 0.6) is 0 Å². The number of nitrogens with zero attached hydrogens (tertiary/aromatic N) is 4. The number of aliphatic imine (C=N–C) groups is 2. The highest BCUT2D eigenvalue weighted by Crippen LogP contribution is 2.30. The molecule has 4 rings (SSSR count). The summed E-state index contributed by atoms with van der Waals surface area (Å²) >= 11 is 5.57. The second-order valence-electron chi connectivity index (χ2n) is 6.75. The van der Waals surface area contributed by atoms with Crippen molar-refractivity contribution in [3.8, 4) is 0 Å². The van der Waals surface area contributed by atoms with Gasteiger partial charge in [-0.3, -0.25) is 4.99 Å². The molecule has 0 spiro atoms. The lowest BCUT2D eigenvalue weighted by Crippen LogP contribution is -2.53. The van der Waals surface area contributed by atoms with E-state index < -0.39 is 30.7 Å². The summed E-state index contributed by atoms with van der Waals surface area (Å²) < 4.78 is 15.4. The highest BCUT2D eigenvalue weighted by molar-refractivity contribution is 6.21. The fraction of sp³-hybridized carbons (Fsp3) is 0.800.